The fraction of sp³-hybridized carbons (Fsp3) is 0.348. The molecule has 1 aromatic heterocycles. The van der Waals surface area contributed by atoms with E-state index >= 15 is 0 Å². The van der Waals surface area contributed by atoms with Crippen LogP contribution in [0.4, 0.5) is 20.7 Å². The first kappa shape index (κ1) is 22.7. The van der Waals surface area contributed by atoms with Crippen LogP contribution in [0.3, 0.4) is 0 Å². The highest BCUT2D eigenvalue weighted by Gasteiger charge is 2.23. The van der Waals surface area contributed by atoms with E-state index in [2.05, 4.69) is 26.3 Å². The van der Waals surface area contributed by atoms with Gasteiger partial charge in [-0.15, -0.1) is 0 Å². The van der Waals surface area contributed by atoms with E-state index < -0.39 is 11.6 Å². The van der Waals surface area contributed by atoms with Crippen molar-refractivity contribution in [3.63, 3.8) is 0 Å². The quantitative estimate of drug-likeness (QED) is 0.665. The zero-order valence-corrected chi connectivity index (χ0v) is 18.3. The Labute approximate surface area is 191 Å². The summed E-state index contributed by atoms with van der Waals surface area (Å²) < 4.78 is 32.8. The molecule has 33 heavy (non-hydrogen) atoms. The second-order valence-electron chi connectivity index (χ2n) is 7.67. The number of hydrogen-bond donors (Lipinski definition) is 1. The molecule has 0 saturated carbocycles. The Morgan fingerprint density at radius 1 is 0.909 bits per heavy atom. The summed E-state index contributed by atoms with van der Waals surface area (Å²) in [7, 11) is 0. The highest BCUT2D eigenvalue weighted by Crippen LogP contribution is 2.24. The molecular formula is C23H27F2N7O. The molecule has 0 amide bonds. The number of allylic oxidation sites excluding steroid dienone is 4. The maximum absolute atomic E-state index is 13.9. The van der Waals surface area contributed by atoms with Crippen molar-refractivity contribution in [3.8, 4) is 11.4 Å². The zero-order valence-electron chi connectivity index (χ0n) is 18.3. The molecule has 10 heteroatoms. The number of piperazine rings is 1. The zero-order chi connectivity index (χ0) is 23.2. The van der Waals surface area contributed by atoms with Crippen LogP contribution in [0.25, 0.3) is 11.4 Å². The lowest BCUT2D eigenvalue weighted by molar-refractivity contribution is 0.122. The van der Waals surface area contributed by atoms with E-state index in [1.807, 2.05) is 23.1 Å². The lowest BCUT2D eigenvalue weighted by Crippen LogP contribution is -2.48. The molecule has 8 nitrogen and oxygen atoms in total. The molecule has 0 aliphatic carbocycles. The van der Waals surface area contributed by atoms with Gasteiger partial charge in [0.05, 0.1) is 19.0 Å². The summed E-state index contributed by atoms with van der Waals surface area (Å²) in [5.74, 6) is 0.131. The van der Waals surface area contributed by atoms with Crippen molar-refractivity contribution in [3.05, 3.63) is 66.5 Å². The highest BCUT2D eigenvalue weighted by atomic mass is 19.2. The minimum atomic E-state index is -0.941. The van der Waals surface area contributed by atoms with Crippen LogP contribution < -0.4 is 15.5 Å². The Morgan fingerprint density at radius 2 is 1.58 bits per heavy atom. The van der Waals surface area contributed by atoms with Gasteiger partial charge in [0.2, 0.25) is 11.9 Å². The molecule has 0 radical (unpaired) electrons. The summed E-state index contributed by atoms with van der Waals surface area (Å²) in [6, 6.07) is 3.66. The van der Waals surface area contributed by atoms with Gasteiger partial charge in [0.15, 0.2) is 17.5 Å². The van der Waals surface area contributed by atoms with Crippen LogP contribution in [0.15, 0.2) is 54.9 Å². The fourth-order valence-corrected chi connectivity index (χ4v) is 3.67. The molecule has 2 N–H and O–H groups in total. The Balaban J connectivity index is 1.59. The number of halogens is 2. The molecule has 0 unspecified atom stereocenters. The first-order valence-corrected chi connectivity index (χ1v) is 10.8. The third kappa shape index (κ3) is 5.46. The van der Waals surface area contributed by atoms with E-state index in [0.29, 0.717) is 81.6 Å². The maximum atomic E-state index is 13.9. The third-order valence-electron chi connectivity index (χ3n) is 5.53. The van der Waals surface area contributed by atoms with Crippen molar-refractivity contribution in [1.82, 2.24) is 19.9 Å². The number of rotatable bonds is 6. The van der Waals surface area contributed by atoms with Crippen LogP contribution in [0, 0.1) is 11.6 Å². The number of anilines is 2. The Kier molecular flexibility index (Phi) is 7.13. The van der Waals surface area contributed by atoms with E-state index in [-0.39, 0.29) is 0 Å². The average Bonchev–Trinajstić information content (AvgIpc) is 2.86. The van der Waals surface area contributed by atoms with Crippen molar-refractivity contribution in [2.75, 3.05) is 62.3 Å². The molecule has 2 aliphatic heterocycles. The number of aromatic nitrogens is 3. The average molecular weight is 456 g/mol. The summed E-state index contributed by atoms with van der Waals surface area (Å²) in [6.45, 7) is 8.80. The number of ether oxygens (including phenoxy) is 1. The largest absolute Gasteiger partial charge is 0.385 e. The summed E-state index contributed by atoms with van der Waals surface area (Å²) in [5, 5.41) is 0. The monoisotopic (exact) mass is 455 g/mol. The minimum Gasteiger partial charge on any atom is -0.385 e. The number of benzene rings is 1. The van der Waals surface area contributed by atoms with Crippen LogP contribution in [0.2, 0.25) is 0 Å². The molecule has 4 rings (SSSR count). The molecule has 0 bridgehead atoms. The van der Waals surface area contributed by atoms with Gasteiger partial charge in [0.1, 0.15) is 0 Å². The van der Waals surface area contributed by atoms with Crippen molar-refractivity contribution < 1.29 is 13.5 Å². The van der Waals surface area contributed by atoms with Gasteiger partial charge in [0, 0.05) is 44.8 Å². The van der Waals surface area contributed by atoms with E-state index in [1.54, 1.807) is 6.08 Å². The van der Waals surface area contributed by atoms with Crippen molar-refractivity contribution in [1.29, 1.82) is 0 Å². The van der Waals surface area contributed by atoms with E-state index in [0.717, 1.165) is 12.1 Å². The Morgan fingerprint density at radius 3 is 2.21 bits per heavy atom. The first-order chi connectivity index (χ1) is 16.0. The lowest BCUT2D eigenvalue weighted by atomic mass is 10.2. The molecule has 174 valence electrons. The molecule has 0 atom stereocenters. The SMILES string of the molecule is C=C/C=C\C=C(/N)N1CCN(c2nc(-c3ccc(F)c(F)c3)nc(N3CCOCC3)n2)CC1. The molecule has 2 aliphatic rings. The smallest absolute Gasteiger partial charge is 0.230 e. The van der Waals surface area contributed by atoms with Crippen LogP contribution in [0.1, 0.15) is 0 Å². The van der Waals surface area contributed by atoms with Gasteiger partial charge in [-0.3, -0.25) is 0 Å². The number of nitrogens with zero attached hydrogens (tertiary/aromatic N) is 6. The van der Waals surface area contributed by atoms with Crippen LogP contribution in [-0.4, -0.2) is 72.3 Å². The normalized spacial score (nSPS) is 17.6. The van der Waals surface area contributed by atoms with E-state index in [1.165, 1.54) is 6.07 Å². The number of nitrogens with two attached hydrogens (primary N) is 1. The summed E-state index contributed by atoms with van der Waals surface area (Å²) in [4.78, 5) is 20.0. The number of hydrogen-bond acceptors (Lipinski definition) is 8. The lowest BCUT2D eigenvalue weighted by Gasteiger charge is -2.36. The van der Waals surface area contributed by atoms with Crippen LogP contribution in [-0.2, 0) is 4.74 Å². The van der Waals surface area contributed by atoms with Gasteiger partial charge < -0.3 is 25.2 Å². The van der Waals surface area contributed by atoms with Crippen LogP contribution in [0.5, 0.6) is 0 Å². The molecular weight excluding hydrogens is 428 g/mol. The van der Waals surface area contributed by atoms with Gasteiger partial charge >= 0.3 is 0 Å². The van der Waals surface area contributed by atoms with Crippen molar-refractivity contribution >= 4 is 11.9 Å². The standard InChI is InChI=1S/C23H27F2N7O/c1-2-3-4-5-20(26)30-8-10-31(11-9-30)22-27-21(17-6-7-18(24)19(25)16-17)28-23(29-22)32-12-14-33-15-13-32/h2-7,16H,1,8-15,26H2/b4-3-,20-5+. The van der Waals surface area contributed by atoms with Gasteiger partial charge in [-0.25, -0.2) is 8.78 Å². The van der Waals surface area contributed by atoms with Gasteiger partial charge in [-0.2, -0.15) is 15.0 Å². The second-order valence-corrected chi connectivity index (χ2v) is 7.67. The fourth-order valence-electron chi connectivity index (χ4n) is 3.67. The topological polar surface area (TPSA) is 83.6 Å². The van der Waals surface area contributed by atoms with Crippen LogP contribution >= 0.6 is 0 Å². The van der Waals surface area contributed by atoms with Gasteiger partial charge in [0.25, 0.3) is 0 Å². The van der Waals surface area contributed by atoms with Crippen molar-refractivity contribution in [2.24, 2.45) is 5.73 Å². The molecule has 2 aromatic rings. The summed E-state index contributed by atoms with van der Waals surface area (Å²) in [6.07, 6.45) is 7.21. The highest BCUT2D eigenvalue weighted by molar-refractivity contribution is 5.59. The predicted molar refractivity (Wildman–Crippen MR) is 124 cm³/mol. The van der Waals surface area contributed by atoms with E-state index in [9.17, 15) is 8.78 Å². The molecule has 0 spiro atoms. The second kappa shape index (κ2) is 10.4. The Hall–Kier alpha value is -3.53. The molecule has 1 aromatic carbocycles. The number of morpholine rings is 1. The summed E-state index contributed by atoms with van der Waals surface area (Å²) >= 11 is 0. The molecule has 2 fully saturated rings. The summed E-state index contributed by atoms with van der Waals surface area (Å²) in [5.41, 5.74) is 6.57. The minimum absolute atomic E-state index is 0.303. The Bertz CT molecular complexity index is 1050. The van der Waals surface area contributed by atoms with E-state index in [4.69, 9.17) is 15.5 Å². The molecule has 2 saturated heterocycles. The first-order valence-electron chi connectivity index (χ1n) is 10.8. The predicted octanol–water partition coefficient (Wildman–Crippen LogP) is 2.32. The van der Waals surface area contributed by atoms with Crippen molar-refractivity contribution in [2.45, 2.75) is 0 Å². The maximum Gasteiger partial charge on any atom is 0.230 e. The third-order valence-corrected chi connectivity index (χ3v) is 5.53. The van der Waals surface area contributed by atoms with Gasteiger partial charge in [-0.1, -0.05) is 24.8 Å². The van der Waals surface area contributed by atoms with Gasteiger partial charge in [-0.05, 0) is 24.3 Å². The molecule has 3 heterocycles.